The molecule has 1 amide bonds. The second-order valence-electron chi connectivity index (χ2n) is 4.50. The fourth-order valence-electron chi connectivity index (χ4n) is 1.77. The maximum Gasteiger partial charge on any atom is 0.249 e. The quantitative estimate of drug-likeness (QED) is 0.674. The maximum atomic E-state index is 12.1. The Morgan fingerprint density at radius 3 is 2.75 bits per heavy atom. The molecule has 1 aromatic carbocycles. The van der Waals surface area contributed by atoms with Crippen molar-refractivity contribution in [1.82, 2.24) is 5.32 Å². The van der Waals surface area contributed by atoms with Crippen molar-refractivity contribution in [2.45, 2.75) is 25.9 Å². The van der Waals surface area contributed by atoms with Gasteiger partial charge in [0, 0.05) is 26.1 Å². The normalized spacial score (nSPS) is 12.5. The molecular weight excluding hydrogens is 252 g/mol. The SMILES string of the molecule is CCCO[C@@H](Cc1ccccc1)C(=O)NC/C=C/CN. The van der Waals surface area contributed by atoms with E-state index in [1.165, 1.54) is 0 Å². The van der Waals surface area contributed by atoms with E-state index in [0.717, 1.165) is 12.0 Å². The van der Waals surface area contributed by atoms with Gasteiger partial charge in [0.25, 0.3) is 0 Å². The van der Waals surface area contributed by atoms with Crippen LogP contribution in [0.4, 0.5) is 0 Å². The highest BCUT2D eigenvalue weighted by molar-refractivity contribution is 5.81. The molecule has 0 aromatic heterocycles. The van der Waals surface area contributed by atoms with Gasteiger partial charge in [-0.15, -0.1) is 0 Å². The van der Waals surface area contributed by atoms with E-state index in [9.17, 15) is 4.79 Å². The number of nitrogens with two attached hydrogens (primary N) is 1. The molecular formula is C16H24N2O2. The first-order chi connectivity index (χ1) is 9.77. The Kier molecular flexibility index (Phi) is 8.35. The smallest absolute Gasteiger partial charge is 0.249 e. The minimum absolute atomic E-state index is 0.0797. The number of benzene rings is 1. The maximum absolute atomic E-state index is 12.1. The van der Waals surface area contributed by atoms with Gasteiger partial charge < -0.3 is 15.8 Å². The van der Waals surface area contributed by atoms with Gasteiger partial charge in [-0.05, 0) is 12.0 Å². The standard InChI is InChI=1S/C16H24N2O2/c1-2-12-20-15(13-14-8-4-3-5-9-14)16(19)18-11-7-6-10-17/h3-9,15H,2,10-13,17H2,1H3,(H,18,19)/b7-6+/t15-/m0/s1. The van der Waals surface area contributed by atoms with Crippen LogP contribution in [0.3, 0.4) is 0 Å². The highest BCUT2D eigenvalue weighted by atomic mass is 16.5. The molecule has 0 spiro atoms. The van der Waals surface area contributed by atoms with Crippen molar-refractivity contribution in [3.63, 3.8) is 0 Å². The van der Waals surface area contributed by atoms with Crippen LogP contribution in [-0.2, 0) is 16.0 Å². The van der Waals surface area contributed by atoms with E-state index in [4.69, 9.17) is 10.5 Å². The Balaban J connectivity index is 2.54. The second-order valence-corrected chi connectivity index (χ2v) is 4.50. The van der Waals surface area contributed by atoms with Crippen molar-refractivity contribution < 1.29 is 9.53 Å². The van der Waals surface area contributed by atoms with Crippen LogP contribution in [0.25, 0.3) is 0 Å². The van der Waals surface area contributed by atoms with Crippen LogP contribution in [0.5, 0.6) is 0 Å². The Hall–Kier alpha value is -1.65. The zero-order chi connectivity index (χ0) is 14.6. The van der Waals surface area contributed by atoms with E-state index in [1.54, 1.807) is 0 Å². The van der Waals surface area contributed by atoms with Gasteiger partial charge in [0.15, 0.2) is 0 Å². The monoisotopic (exact) mass is 276 g/mol. The number of rotatable bonds is 9. The minimum atomic E-state index is -0.441. The lowest BCUT2D eigenvalue weighted by atomic mass is 10.1. The Morgan fingerprint density at radius 1 is 1.35 bits per heavy atom. The van der Waals surface area contributed by atoms with Crippen LogP contribution in [-0.4, -0.2) is 31.7 Å². The third kappa shape index (κ3) is 6.50. The molecule has 20 heavy (non-hydrogen) atoms. The summed E-state index contributed by atoms with van der Waals surface area (Å²) in [7, 11) is 0. The molecule has 0 heterocycles. The number of nitrogens with one attached hydrogen (secondary N) is 1. The third-order valence-electron chi connectivity index (χ3n) is 2.78. The number of ether oxygens (including phenoxy) is 1. The topological polar surface area (TPSA) is 64.3 Å². The lowest BCUT2D eigenvalue weighted by Gasteiger charge is -2.17. The Labute approximate surface area is 121 Å². The summed E-state index contributed by atoms with van der Waals surface area (Å²) in [6.45, 7) is 3.58. The molecule has 0 unspecified atom stereocenters. The highest BCUT2D eigenvalue weighted by Gasteiger charge is 2.18. The van der Waals surface area contributed by atoms with Gasteiger partial charge in [-0.25, -0.2) is 0 Å². The number of carbonyl (C=O) groups excluding carboxylic acids is 1. The summed E-state index contributed by atoms with van der Waals surface area (Å²) in [4.78, 5) is 12.1. The van der Waals surface area contributed by atoms with Crippen molar-refractivity contribution in [3.05, 3.63) is 48.0 Å². The molecule has 3 N–H and O–H groups in total. The lowest BCUT2D eigenvalue weighted by molar-refractivity contribution is -0.132. The molecule has 0 saturated heterocycles. The summed E-state index contributed by atoms with van der Waals surface area (Å²) in [5, 5.41) is 2.84. The minimum Gasteiger partial charge on any atom is -0.368 e. The van der Waals surface area contributed by atoms with E-state index in [1.807, 2.05) is 49.4 Å². The zero-order valence-corrected chi connectivity index (χ0v) is 12.0. The van der Waals surface area contributed by atoms with Gasteiger partial charge in [0.05, 0.1) is 0 Å². The van der Waals surface area contributed by atoms with E-state index < -0.39 is 6.10 Å². The molecule has 0 aliphatic carbocycles. The van der Waals surface area contributed by atoms with Crippen LogP contribution in [0.15, 0.2) is 42.5 Å². The van der Waals surface area contributed by atoms with E-state index in [0.29, 0.717) is 26.1 Å². The average Bonchev–Trinajstić information content (AvgIpc) is 2.48. The van der Waals surface area contributed by atoms with Crippen LogP contribution in [0.2, 0.25) is 0 Å². The van der Waals surface area contributed by atoms with Crippen LogP contribution >= 0.6 is 0 Å². The fraction of sp³-hybridized carbons (Fsp3) is 0.438. The van der Waals surface area contributed by atoms with E-state index in [-0.39, 0.29) is 5.91 Å². The summed E-state index contributed by atoms with van der Waals surface area (Å²) < 4.78 is 5.65. The molecule has 1 aromatic rings. The molecule has 0 bridgehead atoms. The Morgan fingerprint density at radius 2 is 2.10 bits per heavy atom. The third-order valence-corrected chi connectivity index (χ3v) is 2.78. The second kappa shape index (κ2) is 10.2. The van der Waals surface area contributed by atoms with Gasteiger partial charge in [-0.1, -0.05) is 49.4 Å². The molecule has 4 nitrogen and oxygen atoms in total. The molecule has 110 valence electrons. The first kappa shape index (κ1) is 16.4. The summed E-state index contributed by atoms with van der Waals surface area (Å²) in [6.07, 6.45) is 4.71. The average molecular weight is 276 g/mol. The number of hydrogen-bond acceptors (Lipinski definition) is 3. The molecule has 0 aliphatic heterocycles. The van der Waals surface area contributed by atoms with Crippen LogP contribution in [0, 0.1) is 0 Å². The fourth-order valence-corrected chi connectivity index (χ4v) is 1.77. The molecule has 4 heteroatoms. The van der Waals surface area contributed by atoms with Crippen molar-refractivity contribution in [1.29, 1.82) is 0 Å². The van der Waals surface area contributed by atoms with Gasteiger partial charge in [-0.2, -0.15) is 0 Å². The first-order valence-electron chi connectivity index (χ1n) is 7.06. The van der Waals surface area contributed by atoms with Crippen LogP contribution < -0.4 is 11.1 Å². The number of amides is 1. The van der Waals surface area contributed by atoms with Gasteiger partial charge in [0.1, 0.15) is 6.10 Å². The molecule has 1 rings (SSSR count). The largest absolute Gasteiger partial charge is 0.368 e. The van der Waals surface area contributed by atoms with Crippen molar-refractivity contribution in [2.24, 2.45) is 5.73 Å². The van der Waals surface area contributed by atoms with Gasteiger partial charge in [0.2, 0.25) is 5.91 Å². The van der Waals surface area contributed by atoms with Crippen molar-refractivity contribution in [2.75, 3.05) is 19.7 Å². The van der Waals surface area contributed by atoms with Crippen LogP contribution in [0.1, 0.15) is 18.9 Å². The first-order valence-corrected chi connectivity index (χ1v) is 7.06. The predicted molar refractivity (Wildman–Crippen MR) is 81.4 cm³/mol. The molecule has 0 aliphatic rings. The van der Waals surface area contributed by atoms with E-state index in [2.05, 4.69) is 5.32 Å². The summed E-state index contributed by atoms with van der Waals surface area (Å²) >= 11 is 0. The Bertz CT molecular complexity index is 404. The zero-order valence-electron chi connectivity index (χ0n) is 12.0. The predicted octanol–water partition coefficient (Wildman–Crippen LogP) is 1.66. The van der Waals surface area contributed by atoms with E-state index >= 15 is 0 Å². The molecule has 0 saturated carbocycles. The van der Waals surface area contributed by atoms with Crippen molar-refractivity contribution in [3.8, 4) is 0 Å². The highest BCUT2D eigenvalue weighted by Crippen LogP contribution is 2.07. The number of carbonyl (C=O) groups is 1. The molecule has 1 atom stereocenters. The summed E-state index contributed by atoms with van der Waals surface area (Å²) in [5.41, 5.74) is 6.45. The molecule has 0 radical (unpaired) electrons. The summed E-state index contributed by atoms with van der Waals surface area (Å²) in [5.74, 6) is -0.0797. The number of hydrogen-bond donors (Lipinski definition) is 2. The summed E-state index contributed by atoms with van der Waals surface area (Å²) in [6, 6.07) is 9.90. The molecule has 0 fully saturated rings. The van der Waals surface area contributed by atoms with Gasteiger partial charge >= 0.3 is 0 Å². The van der Waals surface area contributed by atoms with Gasteiger partial charge in [-0.3, -0.25) is 4.79 Å². The van der Waals surface area contributed by atoms with Crippen molar-refractivity contribution >= 4 is 5.91 Å². The lowest BCUT2D eigenvalue weighted by Crippen LogP contribution is -2.38.